The second-order valence-corrected chi connectivity index (χ2v) is 11.5. The first-order valence-electron chi connectivity index (χ1n) is 13.9. The van der Waals surface area contributed by atoms with Gasteiger partial charge >= 0.3 is 6.18 Å². The van der Waals surface area contributed by atoms with Gasteiger partial charge in [-0.05, 0) is 64.0 Å². The quantitative estimate of drug-likeness (QED) is 0.196. The van der Waals surface area contributed by atoms with E-state index in [1.807, 2.05) is 13.0 Å². The molecule has 222 valence electrons. The Balaban J connectivity index is 1.43. The van der Waals surface area contributed by atoms with Gasteiger partial charge in [-0.15, -0.1) is 11.6 Å². The zero-order valence-electron chi connectivity index (χ0n) is 22.9. The molecule has 8 nitrogen and oxygen atoms in total. The number of rotatable bonds is 12. The van der Waals surface area contributed by atoms with Crippen molar-refractivity contribution in [2.24, 2.45) is 11.8 Å². The Bertz CT molecular complexity index is 1180. The third-order valence-corrected chi connectivity index (χ3v) is 8.12. The number of aliphatic hydroxyl groups is 1. The topological polar surface area (TPSA) is 82.3 Å². The molecule has 2 aromatic heterocycles. The minimum atomic E-state index is -4.63. The van der Waals surface area contributed by atoms with Crippen molar-refractivity contribution in [1.29, 1.82) is 0 Å². The fraction of sp³-hybridized carbons (Fsp3) is 0.667. The van der Waals surface area contributed by atoms with Gasteiger partial charge in [-0.1, -0.05) is 23.8 Å². The number of piperidine rings is 1. The average Bonchev–Trinajstić information content (AvgIpc) is 3.26. The van der Waals surface area contributed by atoms with Crippen LogP contribution in [0.4, 0.5) is 19.0 Å². The lowest BCUT2D eigenvalue weighted by Crippen LogP contribution is -2.54. The molecule has 2 aliphatic rings. The molecule has 0 spiro atoms. The molecule has 2 unspecified atom stereocenters. The molecule has 0 aromatic carbocycles. The number of nitrogens with zero attached hydrogens (tertiary/aromatic N) is 6. The first-order chi connectivity index (χ1) is 19.1. The van der Waals surface area contributed by atoms with E-state index in [-0.39, 0.29) is 17.2 Å². The van der Waals surface area contributed by atoms with Crippen molar-refractivity contribution in [1.82, 2.24) is 30.0 Å². The molecule has 2 aliphatic heterocycles. The van der Waals surface area contributed by atoms with Gasteiger partial charge in [-0.3, -0.25) is 5.32 Å². The van der Waals surface area contributed by atoms with Crippen molar-refractivity contribution in [2.45, 2.75) is 58.0 Å². The lowest BCUT2D eigenvalue weighted by Gasteiger charge is -2.47. The molecule has 2 N–H and O–H groups in total. The van der Waals surface area contributed by atoms with Crippen molar-refractivity contribution in [3.8, 4) is 0 Å². The number of hydrogen-bond acceptors (Lipinski definition) is 7. The summed E-state index contributed by atoms with van der Waals surface area (Å²) in [5, 5.41) is 16.9. The molecule has 0 amide bonds. The number of anilines is 1. The number of alkyl halides is 4. The smallest absolute Gasteiger partial charge is 0.379 e. The van der Waals surface area contributed by atoms with Crippen molar-refractivity contribution in [2.75, 3.05) is 50.0 Å². The summed E-state index contributed by atoms with van der Waals surface area (Å²) < 4.78 is 42.7. The highest BCUT2D eigenvalue weighted by molar-refractivity contribution is 6.31. The second-order valence-electron chi connectivity index (χ2n) is 10.8. The average molecular weight is 605 g/mol. The summed E-state index contributed by atoms with van der Waals surface area (Å²) in [7, 11) is 0. The SMILES string of the molecule is CC(O)NCCN1CCC[C@H](C2CN(c3cnc4c(C(F)(F)F)nn(C(C)CC/C=C\C(Cl)=C/CCl)c4n3)C2)C1. The van der Waals surface area contributed by atoms with Crippen molar-refractivity contribution >= 4 is 40.2 Å². The predicted molar refractivity (Wildman–Crippen MR) is 153 cm³/mol. The summed E-state index contributed by atoms with van der Waals surface area (Å²) in [5.41, 5.74) is -1.08. The van der Waals surface area contributed by atoms with E-state index in [2.05, 4.69) is 30.2 Å². The van der Waals surface area contributed by atoms with E-state index >= 15 is 0 Å². The van der Waals surface area contributed by atoms with E-state index < -0.39 is 18.1 Å². The van der Waals surface area contributed by atoms with Gasteiger partial charge < -0.3 is 14.9 Å². The van der Waals surface area contributed by atoms with Gasteiger partial charge in [0, 0.05) is 43.6 Å². The van der Waals surface area contributed by atoms with Crippen molar-refractivity contribution < 1.29 is 18.3 Å². The number of aromatic nitrogens is 4. The van der Waals surface area contributed by atoms with Gasteiger partial charge in [0.1, 0.15) is 17.6 Å². The molecular weight excluding hydrogens is 566 g/mol. The van der Waals surface area contributed by atoms with Crippen LogP contribution >= 0.6 is 23.2 Å². The van der Waals surface area contributed by atoms with Crippen LogP contribution in [0.5, 0.6) is 0 Å². The highest BCUT2D eigenvalue weighted by Gasteiger charge is 2.40. The van der Waals surface area contributed by atoms with E-state index in [4.69, 9.17) is 23.2 Å². The van der Waals surface area contributed by atoms with Gasteiger partial charge in [0.05, 0.1) is 12.2 Å². The second kappa shape index (κ2) is 13.8. The van der Waals surface area contributed by atoms with Crippen LogP contribution in [0.3, 0.4) is 0 Å². The Morgan fingerprint density at radius 2 is 2.02 bits per heavy atom. The molecule has 0 radical (unpaired) electrons. The fourth-order valence-corrected chi connectivity index (χ4v) is 5.87. The van der Waals surface area contributed by atoms with Crippen LogP contribution in [0.25, 0.3) is 11.2 Å². The molecule has 3 atom stereocenters. The molecule has 4 rings (SSSR count). The van der Waals surface area contributed by atoms with E-state index in [9.17, 15) is 18.3 Å². The molecule has 0 bridgehead atoms. The number of fused-ring (bicyclic) bond motifs is 1. The minimum absolute atomic E-state index is 0.152. The van der Waals surface area contributed by atoms with Crippen LogP contribution in [0.2, 0.25) is 0 Å². The zero-order chi connectivity index (χ0) is 28.9. The van der Waals surface area contributed by atoms with Crippen LogP contribution in [0.1, 0.15) is 51.3 Å². The van der Waals surface area contributed by atoms with Crippen LogP contribution in [-0.2, 0) is 6.18 Å². The molecule has 0 aliphatic carbocycles. The summed E-state index contributed by atoms with van der Waals surface area (Å²) in [4.78, 5) is 13.4. The number of likely N-dealkylation sites (tertiary alicyclic amines) is 1. The van der Waals surface area contributed by atoms with E-state index in [1.165, 1.54) is 17.3 Å². The summed E-state index contributed by atoms with van der Waals surface area (Å²) >= 11 is 11.7. The Morgan fingerprint density at radius 3 is 2.73 bits per heavy atom. The molecule has 2 aromatic rings. The molecule has 0 saturated carbocycles. The zero-order valence-corrected chi connectivity index (χ0v) is 24.4. The molecule has 4 heterocycles. The monoisotopic (exact) mass is 603 g/mol. The van der Waals surface area contributed by atoms with Gasteiger partial charge in [-0.2, -0.15) is 18.3 Å². The Morgan fingerprint density at radius 1 is 1.25 bits per heavy atom. The number of hydrogen-bond donors (Lipinski definition) is 2. The normalized spacial score (nSPS) is 21.4. The van der Waals surface area contributed by atoms with Crippen LogP contribution < -0.4 is 10.2 Å². The molecule has 40 heavy (non-hydrogen) atoms. The fourth-order valence-electron chi connectivity index (χ4n) is 5.46. The number of halogens is 5. The Hall–Kier alpha value is -1.92. The lowest BCUT2D eigenvalue weighted by molar-refractivity contribution is -0.140. The molecule has 2 saturated heterocycles. The summed E-state index contributed by atoms with van der Waals surface area (Å²) in [6, 6.07) is -0.329. The maximum absolute atomic E-state index is 13.8. The largest absolute Gasteiger partial charge is 0.437 e. The lowest BCUT2D eigenvalue weighted by atomic mass is 9.80. The van der Waals surface area contributed by atoms with Crippen LogP contribution in [0.15, 0.2) is 29.5 Å². The first kappa shape index (κ1) is 31.0. The Labute approximate surface area is 243 Å². The third kappa shape index (κ3) is 7.88. The van der Waals surface area contributed by atoms with Gasteiger partial charge in [-0.25, -0.2) is 14.6 Å². The summed E-state index contributed by atoms with van der Waals surface area (Å²) in [6.45, 7) is 8.89. The number of nitrogens with one attached hydrogen (secondary N) is 1. The van der Waals surface area contributed by atoms with Crippen molar-refractivity contribution in [3.63, 3.8) is 0 Å². The summed E-state index contributed by atoms with van der Waals surface area (Å²) in [5.74, 6) is 1.96. The maximum atomic E-state index is 13.8. The highest BCUT2D eigenvalue weighted by Crippen LogP contribution is 2.37. The number of aliphatic hydroxyl groups excluding tert-OH is 1. The molecule has 2 fully saturated rings. The van der Waals surface area contributed by atoms with Crippen molar-refractivity contribution in [3.05, 3.63) is 35.2 Å². The predicted octanol–water partition coefficient (Wildman–Crippen LogP) is 5.18. The van der Waals surface area contributed by atoms with E-state index in [0.717, 1.165) is 45.7 Å². The molecule has 13 heteroatoms. The third-order valence-electron chi connectivity index (χ3n) is 7.69. The Kier molecular flexibility index (Phi) is 10.7. The van der Waals surface area contributed by atoms with E-state index in [1.54, 1.807) is 19.1 Å². The first-order valence-corrected chi connectivity index (χ1v) is 14.8. The standard InChI is InChI=1S/C27H38Cl2F3N7O/c1-18(6-3-4-8-22(29)9-10-28)39-26-24(25(36-39)27(30,31)32)34-14-23(35-26)38-16-21(17-38)20-7-5-12-37(15-20)13-11-33-19(2)40/h4,8-9,14,18-21,33,40H,3,5-7,10-13,15-17H2,1-2H3/b8-4-,22-9+/t18?,19?,20-/m0/s1. The molecular formula is C27H38Cl2F3N7O. The van der Waals surface area contributed by atoms with E-state index in [0.29, 0.717) is 41.4 Å². The van der Waals surface area contributed by atoms with Crippen LogP contribution in [-0.4, -0.2) is 81.1 Å². The van der Waals surface area contributed by atoms with Gasteiger partial charge in [0.15, 0.2) is 11.3 Å². The minimum Gasteiger partial charge on any atom is -0.379 e. The number of allylic oxidation sites excluding steroid dienone is 4. The maximum Gasteiger partial charge on any atom is 0.437 e. The summed E-state index contributed by atoms with van der Waals surface area (Å²) in [6.07, 6.45) is 5.03. The van der Waals surface area contributed by atoms with Gasteiger partial charge in [0.2, 0.25) is 0 Å². The van der Waals surface area contributed by atoms with Crippen LogP contribution in [0, 0.1) is 11.8 Å². The van der Waals surface area contributed by atoms with Gasteiger partial charge in [0.25, 0.3) is 0 Å². The highest BCUT2D eigenvalue weighted by atomic mass is 35.5.